The van der Waals surface area contributed by atoms with Crippen molar-refractivity contribution in [2.75, 3.05) is 39.5 Å². The summed E-state index contributed by atoms with van der Waals surface area (Å²) in [5, 5.41) is 10.2. The lowest BCUT2D eigenvalue weighted by molar-refractivity contribution is -0.173. The molecule has 1 N–H and O–H groups in total. The summed E-state index contributed by atoms with van der Waals surface area (Å²) in [5.74, 6) is 0. The average Bonchev–Trinajstić information content (AvgIpc) is 2.31. The fraction of sp³-hybridized carbons (Fsp3) is 1.00. The normalized spacial score (nSPS) is 32.8. The minimum atomic E-state index is -0.536. The van der Waals surface area contributed by atoms with E-state index >= 15 is 0 Å². The molecular formula is C14H27NO3. The van der Waals surface area contributed by atoms with E-state index in [1.54, 1.807) is 0 Å². The van der Waals surface area contributed by atoms with Crippen LogP contribution in [-0.2, 0) is 9.47 Å². The van der Waals surface area contributed by atoms with Crippen LogP contribution in [0.3, 0.4) is 0 Å². The highest BCUT2D eigenvalue weighted by atomic mass is 16.5. The SMILES string of the molecule is CCOCCN1CCC2(CC1)CC(C)(O)CCO2. The van der Waals surface area contributed by atoms with Gasteiger partial charge in [0.2, 0.25) is 0 Å². The molecule has 0 radical (unpaired) electrons. The molecule has 4 nitrogen and oxygen atoms in total. The molecule has 0 amide bonds. The van der Waals surface area contributed by atoms with Crippen LogP contribution in [0.15, 0.2) is 0 Å². The Morgan fingerprint density at radius 2 is 2.00 bits per heavy atom. The maximum atomic E-state index is 10.2. The summed E-state index contributed by atoms with van der Waals surface area (Å²) in [6.07, 6.45) is 3.63. The van der Waals surface area contributed by atoms with Gasteiger partial charge in [-0.15, -0.1) is 0 Å². The van der Waals surface area contributed by atoms with Crippen LogP contribution in [0.2, 0.25) is 0 Å². The van der Waals surface area contributed by atoms with Crippen molar-refractivity contribution in [1.82, 2.24) is 4.90 Å². The second kappa shape index (κ2) is 5.87. The Labute approximate surface area is 110 Å². The molecule has 4 heteroatoms. The maximum Gasteiger partial charge on any atom is 0.0734 e. The van der Waals surface area contributed by atoms with Crippen LogP contribution in [0.5, 0.6) is 0 Å². The molecule has 18 heavy (non-hydrogen) atoms. The molecule has 0 aromatic rings. The number of hydrogen-bond donors (Lipinski definition) is 1. The topological polar surface area (TPSA) is 41.9 Å². The molecule has 2 aliphatic heterocycles. The number of rotatable bonds is 4. The van der Waals surface area contributed by atoms with Crippen LogP contribution in [0, 0.1) is 0 Å². The van der Waals surface area contributed by atoms with Gasteiger partial charge in [0, 0.05) is 32.7 Å². The van der Waals surface area contributed by atoms with E-state index in [0.717, 1.165) is 58.5 Å². The minimum absolute atomic E-state index is 0.0656. The predicted molar refractivity (Wildman–Crippen MR) is 70.7 cm³/mol. The Morgan fingerprint density at radius 1 is 1.28 bits per heavy atom. The van der Waals surface area contributed by atoms with Gasteiger partial charge < -0.3 is 19.5 Å². The van der Waals surface area contributed by atoms with E-state index in [4.69, 9.17) is 9.47 Å². The first kappa shape index (κ1) is 14.3. The van der Waals surface area contributed by atoms with E-state index < -0.39 is 5.60 Å². The molecule has 0 aliphatic carbocycles. The quantitative estimate of drug-likeness (QED) is 0.773. The lowest BCUT2D eigenvalue weighted by Gasteiger charge is -2.48. The van der Waals surface area contributed by atoms with Crippen LogP contribution in [0.1, 0.15) is 39.5 Å². The molecule has 1 unspecified atom stereocenters. The van der Waals surface area contributed by atoms with E-state index in [1.165, 1.54) is 0 Å². The zero-order chi connectivity index (χ0) is 13.1. The van der Waals surface area contributed by atoms with Gasteiger partial charge >= 0.3 is 0 Å². The van der Waals surface area contributed by atoms with Gasteiger partial charge in [0.15, 0.2) is 0 Å². The first-order valence-electron chi connectivity index (χ1n) is 7.22. The molecule has 0 saturated carbocycles. The summed E-state index contributed by atoms with van der Waals surface area (Å²) in [7, 11) is 0. The van der Waals surface area contributed by atoms with Gasteiger partial charge in [-0.05, 0) is 33.1 Å². The Bertz CT molecular complexity index is 260. The van der Waals surface area contributed by atoms with Crippen molar-refractivity contribution in [1.29, 1.82) is 0 Å². The van der Waals surface area contributed by atoms with Gasteiger partial charge in [-0.1, -0.05) is 0 Å². The van der Waals surface area contributed by atoms with Gasteiger partial charge in [0.1, 0.15) is 0 Å². The van der Waals surface area contributed by atoms with Gasteiger partial charge in [-0.3, -0.25) is 0 Å². The molecule has 2 fully saturated rings. The summed E-state index contributed by atoms with van der Waals surface area (Å²) in [4.78, 5) is 2.44. The second-order valence-corrected chi connectivity index (χ2v) is 5.99. The summed E-state index contributed by atoms with van der Waals surface area (Å²) >= 11 is 0. The van der Waals surface area contributed by atoms with Crippen LogP contribution < -0.4 is 0 Å². The largest absolute Gasteiger partial charge is 0.390 e. The molecule has 2 heterocycles. The lowest BCUT2D eigenvalue weighted by Crippen LogP contribution is -2.53. The van der Waals surface area contributed by atoms with Gasteiger partial charge in [-0.2, -0.15) is 0 Å². The molecule has 1 atom stereocenters. The molecule has 2 rings (SSSR count). The van der Waals surface area contributed by atoms with E-state index in [2.05, 4.69) is 4.90 Å². The number of likely N-dealkylation sites (tertiary alicyclic amines) is 1. The van der Waals surface area contributed by atoms with Crippen molar-refractivity contribution in [3.8, 4) is 0 Å². The fourth-order valence-electron chi connectivity index (χ4n) is 3.16. The summed E-state index contributed by atoms with van der Waals surface area (Å²) in [6.45, 7) is 9.42. The number of nitrogens with zero attached hydrogens (tertiary/aromatic N) is 1. The zero-order valence-corrected chi connectivity index (χ0v) is 11.8. The molecule has 1 spiro atoms. The highest BCUT2D eigenvalue weighted by molar-refractivity contribution is 4.96. The van der Waals surface area contributed by atoms with Crippen molar-refractivity contribution >= 4 is 0 Å². The average molecular weight is 257 g/mol. The molecule has 0 aromatic carbocycles. The van der Waals surface area contributed by atoms with Crippen LogP contribution >= 0.6 is 0 Å². The highest BCUT2D eigenvalue weighted by Gasteiger charge is 2.44. The Morgan fingerprint density at radius 3 is 2.61 bits per heavy atom. The number of ether oxygens (including phenoxy) is 2. The molecule has 2 aliphatic rings. The first-order valence-corrected chi connectivity index (χ1v) is 7.22. The molecule has 2 saturated heterocycles. The fourth-order valence-corrected chi connectivity index (χ4v) is 3.16. The van der Waals surface area contributed by atoms with Crippen molar-refractivity contribution in [2.45, 2.75) is 50.7 Å². The van der Waals surface area contributed by atoms with E-state index in [9.17, 15) is 5.11 Å². The monoisotopic (exact) mass is 257 g/mol. The predicted octanol–water partition coefficient (Wildman–Crippen LogP) is 1.42. The number of piperidine rings is 1. The highest BCUT2D eigenvalue weighted by Crippen LogP contribution is 2.39. The van der Waals surface area contributed by atoms with Crippen molar-refractivity contribution in [3.63, 3.8) is 0 Å². The van der Waals surface area contributed by atoms with Crippen molar-refractivity contribution < 1.29 is 14.6 Å². The molecular weight excluding hydrogens is 230 g/mol. The Hall–Kier alpha value is -0.160. The van der Waals surface area contributed by atoms with Crippen LogP contribution in [-0.4, -0.2) is 60.7 Å². The minimum Gasteiger partial charge on any atom is -0.390 e. The molecule has 0 bridgehead atoms. The van der Waals surface area contributed by atoms with E-state index in [0.29, 0.717) is 6.61 Å². The standard InChI is InChI=1S/C14H27NO3/c1-3-17-11-9-15-7-4-14(5-8-15)12-13(2,16)6-10-18-14/h16H,3-12H2,1-2H3. The molecule has 0 aromatic heterocycles. The van der Waals surface area contributed by atoms with Gasteiger partial charge in [-0.25, -0.2) is 0 Å². The summed E-state index contributed by atoms with van der Waals surface area (Å²) < 4.78 is 11.4. The van der Waals surface area contributed by atoms with Crippen molar-refractivity contribution in [3.05, 3.63) is 0 Å². The number of aliphatic hydroxyl groups is 1. The molecule has 106 valence electrons. The second-order valence-electron chi connectivity index (χ2n) is 5.99. The third-order valence-corrected chi connectivity index (χ3v) is 4.28. The lowest BCUT2D eigenvalue weighted by atomic mass is 9.78. The van der Waals surface area contributed by atoms with Crippen molar-refractivity contribution in [2.24, 2.45) is 0 Å². The third kappa shape index (κ3) is 3.67. The zero-order valence-electron chi connectivity index (χ0n) is 11.8. The Balaban J connectivity index is 1.78. The maximum absolute atomic E-state index is 10.2. The number of hydrogen-bond acceptors (Lipinski definition) is 4. The third-order valence-electron chi connectivity index (χ3n) is 4.28. The summed E-state index contributed by atoms with van der Waals surface area (Å²) in [6, 6.07) is 0. The van der Waals surface area contributed by atoms with Crippen LogP contribution in [0.25, 0.3) is 0 Å². The van der Waals surface area contributed by atoms with Gasteiger partial charge in [0.05, 0.1) is 24.4 Å². The first-order chi connectivity index (χ1) is 8.55. The van der Waals surface area contributed by atoms with Gasteiger partial charge in [0.25, 0.3) is 0 Å². The van der Waals surface area contributed by atoms with E-state index in [1.807, 2.05) is 13.8 Å². The van der Waals surface area contributed by atoms with Crippen LogP contribution in [0.4, 0.5) is 0 Å². The Kier molecular flexibility index (Phi) is 4.64. The smallest absolute Gasteiger partial charge is 0.0734 e. The summed E-state index contributed by atoms with van der Waals surface area (Å²) in [5.41, 5.74) is -0.602. The van der Waals surface area contributed by atoms with E-state index in [-0.39, 0.29) is 5.60 Å².